The van der Waals surface area contributed by atoms with Gasteiger partial charge in [0.1, 0.15) is 0 Å². The molecule has 1 atom stereocenters. The average Bonchev–Trinajstić information content (AvgIpc) is 2.21. The topological polar surface area (TPSA) is 12.0 Å². The van der Waals surface area contributed by atoms with Crippen molar-refractivity contribution >= 4 is 11.6 Å². The van der Waals surface area contributed by atoms with Gasteiger partial charge in [-0.15, -0.1) is 0 Å². The van der Waals surface area contributed by atoms with Crippen LogP contribution in [-0.2, 0) is 6.42 Å². The van der Waals surface area contributed by atoms with Crippen LogP contribution < -0.4 is 5.32 Å². The smallest absolute Gasteiger partial charge is 0.0406 e. The van der Waals surface area contributed by atoms with Gasteiger partial charge in [0, 0.05) is 11.1 Å². The molecule has 0 aliphatic carbocycles. The minimum Gasteiger partial charge on any atom is -0.315 e. The first-order valence-corrected chi connectivity index (χ1v) is 6.08. The van der Waals surface area contributed by atoms with E-state index in [1.165, 1.54) is 18.4 Å². The molecule has 2 heteroatoms. The molecule has 0 aromatic heterocycles. The molecule has 0 bridgehead atoms. The molecular formula is C13H20ClN. The van der Waals surface area contributed by atoms with Gasteiger partial charge < -0.3 is 5.32 Å². The van der Waals surface area contributed by atoms with Crippen LogP contribution in [-0.4, -0.2) is 12.6 Å². The molecule has 0 aliphatic heterocycles. The zero-order chi connectivity index (χ0) is 11.1. The molecule has 0 saturated carbocycles. The van der Waals surface area contributed by atoms with Gasteiger partial charge in [0.2, 0.25) is 0 Å². The molecule has 1 rings (SSSR count). The van der Waals surface area contributed by atoms with Gasteiger partial charge in [-0.25, -0.2) is 0 Å². The fourth-order valence-corrected chi connectivity index (χ4v) is 1.84. The number of nitrogens with one attached hydrogen (secondary N) is 1. The van der Waals surface area contributed by atoms with Crippen LogP contribution in [0.25, 0.3) is 0 Å². The van der Waals surface area contributed by atoms with Gasteiger partial charge in [-0.1, -0.05) is 30.7 Å². The number of rotatable bonds is 6. The van der Waals surface area contributed by atoms with Crippen molar-refractivity contribution in [3.63, 3.8) is 0 Å². The van der Waals surface area contributed by atoms with Gasteiger partial charge in [0.25, 0.3) is 0 Å². The third kappa shape index (κ3) is 5.19. The van der Waals surface area contributed by atoms with Crippen LogP contribution >= 0.6 is 11.6 Å². The van der Waals surface area contributed by atoms with E-state index >= 15 is 0 Å². The van der Waals surface area contributed by atoms with Crippen molar-refractivity contribution in [3.8, 4) is 0 Å². The average molecular weight is 226 g/mol. The standard InChI is InChI=1S/C13H20ClN/c1-3-15-11(2)5-4-6-12-7-9-13(14)10-8-12/h7-11,15H,3-6H2,1-2H3. The zero-order valence-corrected chi connectivity index (χ0v) is 10.3. The highest BCUT2D eigenvalue weighted by Crippen LogP contribution is 2.12. The minimum absolute atomic E-state index is 0.627. The lowest BCUT2D eigenvalue weighted by atomic mass is 10.1. The van der Waals surface area contributed by atoms with Gasteiger partial charge in [0.15, 0.2) is 0 Å². The van der Waals surface area contributed by atoms with Crippen molar-refractivity contribution in [2.45, 2.75) is 39.2 Å². The van der Waals surface area contributed by atoms with Gasteiger partial charge in [0.05, 0.1) is 0 Å². The highest BCUT2D eigenvalue weighted by Gasteiger charge is 1.99. The molecule has 0 radical (unpaired) electrons. The van der Waals surface area contributed by atoms with E-state index in [2.05, 4.69) is 31.3 Å². The maximum Gasteiger partial charge on any atom is 0.0406 e. The van der Waals surface area contributed by atoms with Crippen molar-refractivity contribution in [1.82, 2.24) is 5.32 Å². The van der Waals surface area contributed by atoms with Crippen LogP contribution in [0.1, 0.15) is 32.3 Å². The Morgan fingerprint density at radius 1 is 1.27 bits per heavy atom. The summed E-state index contributed by atoms with van der Waals surface area (Å²) in [5.41, 5.74) is 1.38. The van der Waals surface area contributed by atoms with E-state index in [4.69, 9.17) is 11.6 Å². The first kappa shape index (κ1) is 12.5. The zero-order valence-electron chi connectivity index (χ0n) is 9.59. The third-order valence-electron chi connectivity index (χ3n) is 2.57. The maximum absolute atomic E-state index is 5.83. The SMILES string of the molecule is CCNC(C)CCCc1ccc(Cl)cc1. The maximum atomic E-state index is 5.83. The largest absolute Gasteiger partial charge is 0.315 e. The molecule has 1 N–H and O–H groups in total. The molecule has 1 nitrogen and oxygen atoms in total. The van der Waals surface area contributed by atoms with Crippen LogP contribution in [0.3, 0.4) is 0 Å². The lowest BCUT2D eigenvalue weighted by Gasteiger charge is -2.11. The van der Waals surface area contributed by atoms with Crippen molar-refractivity contribution in [2.24, 2.45) is 0 Å². The second-order valence-corrected chi connectivity index (χ2v) is 4.41. The molecule has 15 heavy (non-hydrogen) atoms. The summed E-state index contributed by atoms with van der Waals surface area (Å²) in [6, 6.07) is 8.78. The molecule has 1 unspecified atom stereocenters. The Morgan fingerprint density at radius 2 is 1.93 bits per heavy atom. The quantitative estimate of drug-likeness (QED) is 0.779. The molecule has 0 fully saturated rings. The summed E-state index contributed by atoms with van der Waals surface area (Å²) >= 11 is 5.83. The lowest BCUT2D eigenvalue weighted by Crippen LogP contribution is -2.25. The normalized spacial score (nSPS) is 12.7. The van der Waals surface area contributed by atoms with Crippen LogP contribution in [0.2, 0.25) is 5.02 Å². The highest BCUT2D eigenvalue weighted by atomic mass is 35.5. The van der Waals surface area contributed by atoms with Gasteiger partial charge in [-0.3, -0.25) is 0 Å². The highest BCUT2D eigenvalue weighted by molar-refractivity contribution is 6.30. The van der Waals surface area contributed by atoms with E-state index in [1.807, 2.05) is 12.1 Å². The number of hydrogen-bond donors (Lipinski definition) is 1. The monoisotopic (exact) mass is 225 g/mol. The summed E-state index contributed by atoms with van der Waals surface area (Å²) in [4.78, 5) is 0. The Balaban J connectivity index is 2.22. The van der Waals surface area contributed by atoms with E-state index in [-0.39, 0.29) is 0 Å². The second kappa shape index (κ2) is 6.86. The van der Waals surface area contributed by atoms with Crippen molar-refractivity contribution in [3.05, 3.63) is 34.9 Å². The Hall–Kier alpha value is -0.530. The Kier molecular flexibility index (Phi) is 5.74. The summed E-state index contributed by atoms with van der Waals surface area (Å²) in [5, 5.41) is 4.24. The van der Waals surface area contributed by atoms with Gasteiger partial charge in [-0.05, 0) is 50.4 Å². The fraction of sp³-hybridized carbons (Fsp3) is 0.538. The van der Waals surface area contributed by atoms with E-state index < -0.39 is 0 Å². The molecule has 84 valence electrons. The fourth-order valence-electron chi connectivity index (χ4n) is 1.71. The van der Waals surface area contributed by atoms with E-state index in [1.54, 1.807) is 0 Å². The van der Waals surface area contributed by atoms with Crippen molar-refractivity contribution < 1.29 is 0 Å². The summed E-state index contributed by atoms with van der Waals surface area (Å²) in [7, 11) is 0. The van der Waals surface area contributed by atoms with Crippen molar-refractivity contribution in [2.75, 3.05) is 6.54 Å². The molecule has 0 spiro atoms. The minimum atomic E-state index is 0.627. The van der Waals surface area contributed by atoms with Crippen LogP contribution in [0.5, 0.6) is 0 Å². The molecule has 0 saturated heterocycles. The van der Waals surface area contributed by atoms with E-state index in [0.29, 0.717) is 6.04 Å². The van der Waals surface area contributed by atoms with E-state index in [9.17, 15) is 0 Å². The predicted molar refractivity (Wildman–Crippen MR) is 67.5 cm³/mol. The van der Waals surface area contributed by atoms with Gasteiger partial charge in [-0.2, -0.15) is 0 Å². The number of halogens is 1. The summed E-state index contributed by atoms with van der Waals surface area (Å²) in [6.45, 7) is 5.45. The molecule has 0 heterocycles. The number of benzene rings is 1. The summed E-state index contributed by atoms with van der Waals surface area (Å²) in [5.74, 6) is 0. The first-order valence-electron chi connectivity index (χ1n) is 5.70. The molecule has 0 aliphatic rings. The summed E-state index contributed by atoms with van der Waals surface area (Å²) in [6.07, 6.45) is 3.61. The second-order valence-electron chi connectivity index (χ2n) is 3.98. The lowest BCUT2D eigenvalue weighted by molar-refractivity contribution is 0.512. The Labute approximate surface area is 97.8 Å². The van der Waals surface area contributed by atoms with Crippen LogP contribution in [0.15, 0.2) is 24.3 Å². The molecule has 1 aromatic rings. The first-order chi connectivity index (χ1) is 7.22. The Morgan fingerprint density at radius 3 is 2.53 bits per heavy atom. The molecule has 1 aromatic carbocycles. The predicted octanol–water partition coefficient (Wildman–Crippen LogP) is 3.66. The van der Waals surface area contributed by atoms with Gasteiger partial charge >= 0.3 is 0 Å². The third-order valence-corrected chi connectivity index (χ3v) is 2.82. The molecule has 0 amide bonds. The van der Waals surface area contributed by atoms with Crippen LogP contribution in [0.4, 0.5) is 0 Å². The van der Waals surface area contributed by atoms with Crippen LogP contribution in [0, 0.1) is 0 Å². The Bertz CT molecular complexity index is 268. The summed E-state index contributed by atoms with van der Waals surface area (Å²) < 4.78 is 0. The van der Waals surface area contributed by atoms with E-state index in [0.717, 1.165) is 18.0 Å². The number of aryl methyl sites for hydroxylation is 1. The van der Waals surface area contributed by atoms with Crippen molar-refractivity contribution in [1.29, 1.82) is 0 Å². The molecular weight excluding hydrogens is 206 g/mol. The number of hydrogen-bond acceptors (Lipinski definition) is 1.